The summed E-state index contributed by atoms with van der Waals surface area (Å²) in [5.74, 6) is 0.623. The van der Waals surface area contributed by atoms with E-state index in [4.69, 9.17) is 5.73 Å². The van der Waals surface area contributed by atoms with Gasteiger partial charge >= 0.3 is 0 Å². The van der Waals surface area contributed by atoms with Crippen molar-refractivity contribution in [1.29, 1.82) is 0 Å². The first-order chi connectivity index (χ1) is 10.2. The van der Waals surface area contributed by atoms with Crippen LogP contribution in [-0.4, -0.2) is 26.7 Å². The van der Waals surface area contributed by atoms with Crippen LogP contribution in [0.4, 0.5) is 5.69 Å². The molecule has 0 radical (unpaired) electrons. The second-order valence-electron chi connectivity index (χ2n) is 4.91. The number of aromatic nitrogens is 3. The number of nitrogens with one attached hydrogen (secondary N) is 1. The Labute approximate surface area is 124 Å². The quantitative estimate of drug-likeness (QED) is 0.851. The lowest BCUT2D eigenvalue weighted by Crippen LogP contribution is -2.35. The number of aryl methyl sites for hydroxylation is 1. The minimum absolute atomic E-state index is 0.161. The predicted molar refractivity (Wildman–Crippen MR) is 82.6 cm³/mol. The van der Waals surface area contributed by atoms with E-state index in [9.17, 15) is 4.79 Å². The number of nitrogens with zero attached hydrogens (tertiary/aromatic N) is 3. The van der Waals surface area contributed by atoms with E-state index in [0.717, 1.165) is 30.0 Å². The highest BCUT2D eigenvalue weighted by atomic mass is 16.2. The molecule has 0 saturated carbocycles. The van der Waals surface area contributed by atoms with Gasteiger partial charge in [-0.25, -0.2) is 0 Å². The average molecular weight is 287 g/mol. The summed E-state index contributed by atoms with van der Waals surface area (Å²) >= 11 is 0. The number of hydrogen-bond acceptors (Lipinski definition) is 4. The number of anilines is 1. The van der Waals surface area contributed by atoms with Crippen LogP contribution in [0.5, 0.6) is 0 Å². The molecular weight excluding hydrogens is 266 g/mol. The minimum atomic E-state index is -0.474. The maximum Gasteiger partial charge on any atom is 0.241 e. The van der Waals surface area contributed by atoms with E-state index in [1.807, 2.05) is 42.7 Å². The monoisotopic (exact) mass is 287 g/mol. The van der Waals surface area contributed by atoms with Gasteiger partial charge < -0.3 is 15.6 Å². The van der Waals surface area contributed by atoms with Gasteiger partial charge in [0.1, 0.15) is 6.33 Å². The van der Waals surface area contributed by atoms with Gasteiger partial charge in [-0.05, 0) is 25.5 Å². The Kier molecular flexibility index (Phi) is 5.05. The lowest BCUT2D eigenvalue weighted by atomic mass is 10.1. The Hall–Kier alpha value is -2.21. The van der Waals surface area contributed by atoms with Crippen molar-refractivity contribution in [1.82, 2.24) is 14.8 Å². The zero-order valence-corrected chi connectivity index (χ0v) is 12.4. The van der Waals surface area contributed by atoms with Crippen molar-refractivity contribution in [2.24, 2.45) is 5.73 Å². The highest BCUT2D eigenvalue weighted by molar-refractivity contribution is 5.95. The molecule has 2 aromatic rings. The number of nitrogens with two attached hydrogens (primary N) is 1. The smallest absolute Gasteiger partial charge is 0.241 e. The second kappa shape index (κ2) is 6.99. The van der Waals surface area contributed by atoms with Crippen molar-refractivity contribution >= 4 is 11.6 Å². The number of carbonyl (C=O) groups is 1. The van der Waals surface area contributed by atoms with Crippen molar-refractivity contribution < 1.29 is 4.79 Å². The number of rotatable bonds is 6. The summed E-state index contributed by atoms with van der Waals surface area (Å²) in [6.07, 6.45) is 3.25. The molecule has 0 bridgehead atoms. The molecule has 0 aliphatic carbocycles. The maximum atomic E-state index is 12.0. The summed E-state index contributed by atoms with van der Waals surface area (Å²) in [5.41, 5.74) is 7.45. The topological polar surface area (TPSA) is 85.8 Å². The van der Waals surface area contributed by atoms with Gasteiger partial charge in [-0.2, -0.15) is 0 Å². The molecule has 2 rings (SSSR count). The van der Waals surface area contributed by atoms with Crippen molar-refractivity contribution in [3.05, 3.63) is 30.6 Å². The SMILES string of the molecule is CCCC(N)C(=O)Nc1cccc(-c2nncn2CC)c1. The van der Waals surface area contributed by atoms with Gasteiger partial charge in [0, 0.05) is 17.8 Å². The van der Waals surface area contributed by atoms with Crippen molar-refractivity contribution in [2.75, 3.05) is 5.32 Å². The first-order valence-electron chi connectivity index (χ1n) is 7.20. The molecule has 6 nitrogen and oxygen atoms in total. The van der Waals surface area contributed by atoms with E-state index in [1.165, 1.54) is 0 Å². The Balaban J connectivity index is 2.17. The van der Waals surface area contributed by atoms with Crippen LogP contribution < -0.4 is 11.1 Å². The van der Waals surface area contributed by atoms with Gasteiger partial charge in [0.05, 0.1) is 6.04 Å². The van der Waals surface area contributed by atoms with E-state index in [2.05, 4.69) is 15.5 Å². The number of benzene rings is 1. The number of carbonyl (C=O) groups excluding carboxylic acids is 1. The van der Waals surface area contributed by atoms with Gasteiger partial charge in [0.25, 0.3) is 0 Å². The number of amides is 1. The summed E-state index contributed by atoms with van der Waals surface area (Å²) in [7, 11) is 0. The van der Waals surface area contributed by atoms with E-state index in [-0.39, 0.29) is 5.91 Å². The first-order valence-corrected chi connectivity index (χ1v) is 7.20. The van der Waals surface area contributed by atoms with E-state index < -0.39 is 6.04 Å². The molecule has 1 aromatic carbocycles. The Morgan fingerprint density at radius 1 is 1.43 bits per heavy atom. The molecule has 3 N–H and O–H groups in total. The van der Waals surface area contributed by atoms with Gasteiger partial charge in [-0.15, -0.1) is 10.2 Å². The van der Waals surface area contributed by atoms with Crippen LogP contribution in [0.3, 0.4) is 0 Å². The minimum Gasteiger partial charge on any atom is -0.325 e. The van der Waals surface area contributed by atoms with E-state index in [0.29, 0.717) is 6.42 Å². The largest absolute Gasteiger partial charge is 0.325 e. The van der Waals surface area contributed by atoms with Gasteiger partial charge in [0.2, 0.25) is 5.91 Å². The van der Waals surface area contributed by atoms with E-state index in [1.54, 1.807) is 6.33 Å². The van der Waals surface area contributed by atoms with Gasteiger partial charge in [-0.3, -0.25) is 4.79 Å². The summed E-state index contributed by atoms with van der Waals surface area (Å²) in [6.45, 7) is 4.83. The lowest BCUT2D eigenvalue weighted by molar-refractivity contribution is -0.117. The fourth-order valence-electron chi connectivity index (χ4n) is 2.12. The Bertz CT molecular complexity index is 608. The molecule has 0 aliphatic rings. The summed E-state index contributed by atoms with van der Waals surface area (Å²) < 4.78 is 1.95. The Morgan fingerprint density at radius 2 is 2.24 bits per heavy atom. The molecule has 0 saturated heterocycles. The third-order valence-corrected chi connectivity index (χ3v) is 3.28. The standard InChI is InChI=1S/C15H21N5O/c1-3-6-13(16)15(21)18-12-8-5-7-11(9-12)14-19-17-10-20(14)4-2/h5,7-10,13H,3-4,6,16H2,1-2H3,(H,18,21). The predicted octanol–water partition coefficient (Wildman–Crippen LogP) is 2.03. The first kappa shape index (κ1) is 15.2. The zero-order valence-electron chi connectivity index (χ0n) is 12.4. The van der Waals surface area contributed by atoms with Crippen molar-refractivity contribution in [2.45, 2.75) is 39.3 Å². The molecule has 21 heavy (non-hydrogen) atoms. The summed E-state index contributed by atoms with van der Waals surface area (Å²) in [4.78, 5) is 12.0. The molecular formula is C15H21N5O. The van der Waals surface area contributed by atoms with E-state index >= 15 is 0 Å². The number of hydrogen-bond donors (Lipinski definition) is 2. The molecule has 1 aromatic heterocycles. The fraction of sp³-hybridized carbons (Fsp3) is 0.400. The molecule has 1 amide bonds. The third-order valence-electron chi connectivity index (χ3n) is 3.28. The summed E-state index contributed by atoms with van der Waals surface area (Å²) in [6, 6.07) is 7.07. The third kappa shape index (κ3) is 3.66. The molecule has 1 unspecified atom stereocenters. The molecule has 1 heterocycles. The molecule has 1 atom stereocenters. The zero-order chi connectivity index (χ0) is 15.2. The summed E-state index contributed by atoms with van der Waals surface area (Å²) in [5, 5.41) is 10.9. The van der Waals surface area contributed by atoms with Crippen LogP contribution in [0.15, 0.2) is 30.6 Å². The van der Waals surface area contributed by atoms with Gasteiger partial charge in [-0.1, -0.05) is 25.5 Å². The lowest BCUT2D eigenvalue weighted by Gasteiger charge is -2.12. The van der Waals surface area contributed by atoms with Crippen molar-refractivity contribution in [3.63, 3.8) is 0 Å². The Morgan fingerprint density at radius 3 is 2.95 bits per heavy atom. The van der Waals surface area contributed by atoms with Crippen LogP contribution in [0.2, 0.25) is 0 Å². The van der Waals surface area contributed by atoms with Crippen molar-refractivity contribution in [3.8, 4) is 11.4 Å². The highest BCUT2D eigenvalue weighted by Crippen LogP contribution is 2.20. The molecule has 0 spiro atoms. The van der Waals surface area contributed by atoms with Crippen LogP contribution in [0.1, 0.15) is 26.7 Å². The molecule has 0 fully saturated rings. The fourth-order valence-corrected chi connectivity index (χ4v) is 2.12. The van der Waals surface area contributed by atoms with Gasteiger partial charge in [0.15, 0.2) is 5.82 Å². The van der Waals surface area contributed by atoms with Crippen LogP contribution in [0, 0.1) is 0 Å². The normalized spacial score (nSPS) is 12.1. The van der Waals surface area contributed by atoms with Crippen LogP contribution >= 0.6 is 0 Å². The molecule has 6 heteroatoms. The molecule has 112 valence electrons. The highest BCUT2D eigenvalue weighted by Gasteiger charge is 2.13. The average Bonchev–Trinajstić information content (AvgIpc) is 2.96. The second-order valence-corrected chi connectivity index (χ2v) is 4.91. The van der Waals surface area contributed by atoms with Crippen LogP contribution in [-0.2, 0) is 11.3 Å². The molecule has 0 aliphatic heterocycles. The van der Waals surface area contributed by atoms with Crippen LogP contribution in [0.25, 0.3) is 11.4 Å². The maximum absolute atomic E-state index is 12.0.